The third kappa shape index (κ3) is 3.49. The predicted molar refractivity (Wildman–Crippen MR) is 89.9 cm³/mol. The largest absolute Gasteiger partial charge is 0.378 e. The normalized spacial score (nSPS) is 24.0. The topological polar surface area (TPSA) is 21.3 Å². The zero-order valence-electron chi connectivity index (χ0n) is 14.4. The summed E-state index contributed by atoms with van der Waals surface area (Å²) >= 11 is 0. The van der Waals surface area contributed by atoms with Crippen molar-refractivity contribution < 1.29 is 4.74 Å². The van der Waals surface area contributed by atoms with Crippen molar-refractivity contribution in [3.05, 3.63) is 34.9 Å². The number of rotatable bonds is 5. The molecule has 1 fully saturated rings. The Balaban J connectivity index is 2.40. The maximum atomic E-state index is 5.79. The summed E-state index contributed by atoms with van der Waals surface area (Å²) in [5, 5.41) is 3.55. The molecule has 2 rings (SSSR count). The summed E-state index contributed by atoms with van der Waals surface area (Å²) in [6.07, 6.45) is 1.49. The van der Waals surface area contributed by atoms with Gasteiger partial charge in [0.25, 0.3) is 0 Å². The third-order valence-electron chi connectivity index (χ3n) is 4.91. The van der Waals surface area contributed by atoms with Crippen LogP contribution in [0.1, 0.15) is 75.6 Å². The number of hydrogen-bond donors (Lipinski definition) is 1. The summed E-state index contributed by atoms with van der Waals surface area (Å²) in [6.45, 7) is 12.2. The van der Waals surface area contributed by atoms with E-state index in [1.165, 1.54) is 16.7 Å². The van der Waals surface area contributed by atoms with Crippen molar-refractivity contribution in [2.45, 2.75) is 65.0 Å². The minimum absolute atomic E-state index is 0.340. The van der Waals surface area contributed by atoms with Crippen LogP contribution >= 0.6 is 0 Å². The van der Waals surface area contributed by atoms with Gasteiger partial charge in [-0.2, -0.15) is 0 Å². The zero-order valence-corrected chi connectivity index (χ0v) is 14.4. The highest BCUT2D eigenvalue weighted by atomic mass is 16.5. The molecular weight excluding hydrogens is 258 g/mol. The van der Waals surface area contributed by atoms with E-state index in [0.29, 0.717) is 29.9 Å². The molecule has 2 heteroatoms. The van der Waals surface area contributed by atoms with Gasteiger partial charge < -0.3 is 10.1 Å². The molecule has 1 aliphatic heterocycles. The van der Waals surface area contributed by atoms with E-state index in [1.54, 1.807) is 0 Å². The van der Waals surface area contributed by atoms with E-state index in [2.05, 4.69) is 65.2 Å². The molecule has 0 saturated carbocycles. The summed E-state index contributed by atoms with van der Waals surface area (Å²) in [7, 11) is 2.08. The Morgan fingerprint density at radius 2 is 1.81 bits per heavy atom. The molecule has 3 atom stereocenters. The SMILES string of the molecule is CNC(c1ccc(C(C)C)cc1C(C)C)C1CCOC1C. The maximum absolute atomic E-state index is 5.79. The second kappa shape index (κ2) is 6.93. The zero-order chi connectivity index (χ0) is 15.6. The Hall–Kier alpha value is -0.860. The van der Waals surface area contributed by atoms with Crippen LogP contribution in [0.4, 0.5) is 0 Å². The molecule has 1 N–H and O–H groups in total. The van der Waals surface area contributed by atoms with E-state index < -0.39 is 0 Å². The molecule has 0 spiro atoms. The Morgan fingerprint density at radius 1 is 1.10 bits per heavy atom. The number of hydrogen-bond acceptors (Lipinski definition) is 2. The summed E-state index contributed by atoms with van der Waals surface area (Å²) in [5.41, 5.74) is 4.38. The highest BCUT2D eigenvalue weighted by Crippen LogP contribution is 2.37. The predicted octanol–water partition coefficient (Wildman–Crippen LogP) is 4.62. The van der Waals surface area contributed by atoms with Crippen molar-refractivity contribution in [2.75, 3.05) is 13.7 Å². The quantitative estimate of drug-likeness (QED) is 0.854. The lowest BCUT2D eigenvalue weighted by Gasteiger charge is -2.29. The van der Waals surface area contributed by atoms with Crippen LogP contribution in [0.3, 0.4) is 0 Å². The molecule has 2 nitrogen and oxygen atoms in total. The molecule has 21 heavy (non-hydrogen) atoms. The summed E-state index contributed by atoms with van der Waals surface area (Å²) in [5.74, 6) is 1.70. The lowest BCUT2D eigenvalue weighted by molar-refractivity contribution is 0.0961. The second-order valence-corrected chi connectivity index (χ2v) is 6.99. The number of benzene rings is 1. The molecule has 0 radical (unpaired) electrons. The van der Waals surface area contributed by atoms with Crippen LogP contribution in [0, 0.1) is 5.92 Å². The second-order valence-electron chi connectivity index (χ2n) is 6.99. The van der Waals surface area contributed by atoms with Gasteiger partial charge >= 0.3 is 0 Å². The van der Waals surface area contributed by atoms with Gasteiger partial charge in [0, 0.05) is 18.6 Å². The van der Waals surface area contributed by atoms with Gasteiger partial charge in [-0.15, -0.1) is 0 Å². The Morgan fingerprint density at radius 3 is 2.29 bits per heavy atom. The van der Waals surface area contributed by atoms with Crippen LogP contribution < -0.4 is 5.32 Å². The first-order valence-electron chi connectivity index (χ1n) is 8.38. The fourth-order valence-corrected chi connectivity index (χ4v) is 3.52. The Labute approximate surface area is 130 Å². The van der Waals surface area contributed by atoms with E-state index in [-0.39, 0.29) is 0 Å². The molecule has 0 aliphatic carbocycles. The van der Waals surface area contributed by atoms with Gasteiger partial charge in [-0.05, 0) is 48.9 Å². The van der Waals surface area contributed by atoms with Crippen LogP contribution in [0.5, 0.6) is 0 Å². The number of nitrogens with one attached hydrogen (secondary N) is 1. The van der Waals surface area contributed by atoms with Crippen molar-refractivity contribution in [1.29, 1.82) is 0 Å². The molecule has 0 aromatic heterocycles. The first-order chi connectivity index (χ1) is 9.95. The smallest absolute Gasteiger partial charge is 0.0594 e. The molecule has 3 unspecified atom stereocenters. The lowest BCUT2D eigenvalue weighted by atomic mass is 9.82. The average Bonchev–Trinajstić information content (AvgIpc) is 2.86. The monoisotopic (exact) mass is 289 g/mol. The van der Waals surface area contributed by atoms with E-state index in [4.69, 9.17) is 4.74 Å². The molecule has 1 aromatic rings. The van der Waals surface area contributed by atoms with Crippen molar-refractivity contribution in [3.8, 4) is 0 Å². The van der Waals surface area contributed by atoms with Gasteiger partial charge in [-0.3, -0.25) is 0 Å². The van der Waals surface area contributed by atoms with Gasteiger partial charge in [0.05, 0.1) is 6.10 Å². The minimum atomic E-state index is 0.340. The van der Waals surface area contributed by atoms with Crippen molar-refractivity contribution >= 4 is 0 Å². The maximum Gasteiger partial charge on any atom is 0.0594 e. The van der Waals surface area contributed by atoms with E-state index in [1.807, 2.05) is 0 Å². The molecular formula is C19H31NO. The van der Waals surface area contributed by atoms with Gasteiger partial charge in [0.1, 0.15) is 0 Å². The molecule has 1 saturated heterocycles. The first kappa shape index (κ1) is 16.5. The van der Waals surface area contributed by atoms with Crippen LogP contribution in [0.15, 0.2) is 18.2 Å². The standard InChI is InChI=1S/C19H31NO/c1-12(2)15-7-8-17(18(11-15)13(3)4)19(20-6)16-9-10-21-14(16)5/h7-8,11-14,16,19-20H,9-10H2,1-6H3. The summed E-state index contributed by atoms with van der Waals surface area (Å²) < 4.78 is 5.79. The van der Waals surface area contributed by atoms with Gasteiger partial charge in [-0.25, -0.2) is 0 Å². The average molecular weight is 289 g/mol. The Bertz CT molecular complexity index is 467. The molecule has 0 amide bonds. The number of ether oxygens (including phenoxy) is 1. The molecule has 1 aliphatic rings. The highest BCUT2D eigenvalue weighted by Gasteiger charge is 2.33. The summed E-state index contributed by atoms with van der Waals surface area (Å²) in [4.78, 5) is 0. The molecule has 1 aromatic carbocycles. The van der Waals surface area contributed by atoms with Gasteiger partial charge in [0.15, 0.2) is 0 Å². The van der Waals surface area contributed by atoms with E-state index in [9.17, 15) is 0 Å². The first-order valence-corrected chi connectivity index (χ1v) is 8.38. The van der Waals surface area contributed by atoms with Gasteiger partial charge in [-0.1, -0.05) is 45.9 Å². The van der Waals surface area contributed by atoms with Crippen molar-refractivity contribution in [3.63, 3.8) is 0 Å². The van der Waals surface area contributed by atoms with Crippen LogP contribution in [0.25, 0.3) is 0 Å². The minimum Gasteiger partial charge on any atom is -0.378 e. The van der Waals surface area contributed by atoms with Crippen molar-refractivity contribution in [2.24, 2.45) is 5.92 Å². The van der Waals surface area contributed by atoms with Crippen LogP contribution in [-0.2, 0) is 4.74 Å². The van der Waals surface area contributed by atoms with Crippen molar-refractivity contribution in [1.82, 2.24) is 5.32 Å². The Kier molecular flexibility index (Phi) is 5.45. The van der Waals surface area contributed by atoms with E-state index in [0.717, 1.165) is 13.0 Å². The third-order valence-corrected chi connectivity index (χ3v) is 4.91. The van der Waals surface area contributed by atoms with Crippen LogP contribution in [-0.4, -0.2) is 19.8 Å². The lowest BCUT2D eigenvalue weighted by Crippen LogP contribution is -2.30. The molecule has 118 valence electrons. The highest BCUT2D eigenvalue weighted by molar-refractivity contribution is 5.38. The fourth-order valence-electron chi connectivity index (χ4n) is 3.52. The summed E-state index contributed by atoms with van der Waals surface area (Å²) in [6, 6.07) is 7.45. The molecule has 0 bridgehead atoms. The van der Waals surface area contributed by atoms with Gasteiger partial charge in [0.2, 0.25) is 0 Å². The fraction of sp³-hybridized carbons (Fsp3) is 0.684. The van der Waals surface area contributed by atoms with E-state index >= 15 is 0 Å². The van der Waals surface area contributed by atoms with Crippen LogP contribution in [0.2, 0.25) is 0 Å². The molecule has 1 heterocycles.